The van der Waals surface area contributed by atoms with Gasteiger partial charge >= 0.3 is 6.09 Å². The van der Waals surface area contributed by atoms with Gasteiger partial charge in [0.15, 0.2) is 0 Å². The summed E-state index contributed by atoms with van der Waals surface area (Å²) in [5, 5.41) is 0. The average molecular weight is 330 g/mol. The lowest BCUT2D eigenvalue weighted by atomic mass is 10.2. The van der Waals surface area contributed by atoms with Crippen molar-refractivity contribution >= 4 is 34.7 Å². The number of benzene rings is 2. The normalized spacial score (nSPS) is 10.7. The number of hydrogen-bond acceptors (Lipinski definition) is 3. The minimum Gasteiger partial charge on any atom is -0.444 e. The van der Waals surface area contributed by atoms with Gasteiger partial charge in [-0.2, -0.15) is 0 Å². The molecule has 0 unspecified atom stereocenters. The van der Waals surface area contributed by atoms with Crippen LogP contribution in [0.1, 0.15) is 5.56 Å². The first-order valence-corrected chi connectivity index (χ1v) is 7.80. The van der Waals surface area contributed by atoms with Gasteiger partial charge in [-0.15, -0.1) is 11.6 Å². The molecule has 1 heterocycles. The van der Waals surface area contributed by atoms with E-state index in [0.29, 0.717) is 12.5 Å². The van der Waals surface area contributed by atoms with Gasteiger partial charge in [0, 0.05) is 12.4 Å². The number of rotatable bonds is 5. The lowest BCUT2D eigenvalue weighted by Gasteiger charge is -2.18. The zero-order valence-electron chi connectivity index (χ0n) is 12.4. The molecule has 0 aliphatic heterocycles. The SMILES string of the molecule is O=C(OCc1ccccc1)N(CCCl)c1nc2ccccc2[nH]1. The number of nitrogens with zero attached hydrogens (tertiary/aromatic N) is 2. The summed E-state index contributed by atoms with van der Waals surface area (Å²) in [6.07, 6.45) is -0.478. The molecular weight excluding hydrogens is 314 g/mol. The molecule has 0 aliphatic rings. The summed E-state index contributed by atoms with van der Waals surface area (Å²) < 4.78 is 5.36. The van der Waals surface area contributed by atoms with Crippen molar-refractivity contribution in [2.75, 3.05) is 17.3 Å². The third-order valence-electron chi connectivity index (χ3n) is 3.37. The Morgan fingerprint density at radius 2 is 1.87 bits per heavy atom. The molecular formula is C17H16ClN3O2. The van der Waals surface area contributed by atoms with Gasteiger partial charge in [0.1, 0.15) is 6.61 Å². The maximum Gasteiger partial charge on any atom is 0.417 e. The molecule has 6 heteroatoms. The van der Waals surface area contributed by atoms with Crippen molar-refractivity contribution in [1.82, 2.24) is 9.97 Å². The van der Waals surface area contributed by atoms with E-state index < -0.39 is 6.09 Å². The second-order valence-electron chi connectivity index (χ2n) is 4.96. The summed E-state index contributed by atoms with van der Waals surface area (Å²) in [5.74, 6) is 0.724. The Morgan fingerprint density at radius 1 is 1.13 bits per heavy atom. The van der Waals surface area contributed by atoms with E-state index in [4.69, 9.17) is 16.3 Å². The Bertz CT molecular complexity index is 756. The summed E-state index contributed by atoms with van der Waals surface area (Å²) in [6.45, 7) is 0.522. The van der Waals surface area contributed by atoms with E-state index in [9.17, 15) is 4.79 Å². The zero-order valence-corrected chi connectivity index (χ0v) is 13.2. The van der Waals surface area contributed by atoms with E-state index in [1.807, 2.05) is 54.6 Å². The van der Waals surface area contributed by atoms with Crippen molar-refractivity contribution in [2.45, 2.75) is 6.61 Å². The highest BCUT2D eigenvalue weighted by atomic mass is 35.5. The number of ether oxygens (including phenoxy) is 1. The molecule has 118 valence electrons. The molecule has 2 aromatic carbocycles. The van der Waals surface area contributed by atoms with Gasteiger partial charge in [0.05, 0.1) is 11.0 Å². The number of amides is 1. The van der Waals surface area contributed by atoms with E-state index in [1.165, 1.54) is 4.90 Å². The van der Waals surface area contributed by atoms with Gasteiger partial charge in [-0.25, -0.2) is 14.7 Å². The highest BCUT2D eigenvalue weighted by Gasteiger charge is 2.20. The molecule has 0 aliphatic carbocycles. The summed E-state index contributed by atoms with van der Waals surface area (Å²) in [5.41, 5.74) is 2.58. The van der Waals surface area contributed by atoms with Gasteiger partial charge < -0.3 is 9.72 Å². The highest BCUT2D eigenvalue weighted by Crippen LogP contribution is 2.18. The fourth-order valence-corrected chi connectivity index (χ4v) is 2.40. The minimum absolute atomic E-state index is 0.207. The Kier molecular flexibility index (Phi) is 4.78. The molecule has 1 amide bonds. The Hall–Kier alpha value is -2.53. The summed E-state index contributed by atoms with van der Waals surface area (Å²) in [7, 11) is 0. The molecule has 0 spiro atoms. The lowest BCUT2D eigenvalue weighted by molar-refractivity contribution is 0.147. The van der Waals surface area contributed by atoms with Crippen molar-refractivity contribution in [3.63, 3.8) is 0 Å². The number of carbonyl (C=O) groups excluding carboxylic acids is 1. The van der Waals surface area contributed by atoms with E-state index in [-0.39, 0.29) is 12.5 Å². The zero-order chi connectivity index (χ0) is 16.1. The first-order valence-electron chi connectivity index (χ1n) is 7.27. The predicted molar refractivity (Wildman–Crippen MR) is 90.8 cm³/mol. The van der Waals surface area contributed by atoms with Crippen molar-refractivity contribution in [3.05, 3.63) is 60.2 Å². The number of imidazole rings is 1. The van der Waals surface area contributed by atoms with Gasteiger partial charge in [0.2, 0.25) is 5.95 Å². The first kappa shape index (κ1) is 15.4. The molecule has 1 aromatic heterocycles. The highest BCUT2D eigenvalue weighted by molar-refractivity contribution is 6.18. The molecule has 0 atom stereocenters. The van der Waals surface area contributed by atoms with Gasteiger partial charge in [-0.1, -0.05) is 42.5 Å². The number of alkyl halides is 1. The molecule has 5 nitrogen and oxygen atoms in total. The number of fused-ring (bicyclic) bond motifs is 1. The number of carbonyl (C=O) groups is 1. The maximum absolute atomic E-state index is 12.4. The number of aromatic nitrogens is 2. The van der Waals surface area contributed by atoms with Crippen LogP contribution in [0.25, 0.3) is 11.0 Å². The molecule has 0 fully saturated rings. The molecule has 3 rings (SSSR count). The number of hydrogen-bond donors (Lipinski definition) is 1. The van der Waals surface area contributed by atoms with E-state index in [1.54, 1.807) is 0 Å². The van der Waals surface area contributed by atoms with Gasteiger partial charge in [-0.05, 0) is 17.7 Å². The molecule has 3 aromatic rings. The van der Waals surface area contributed by atoms with Crippen LogP contribution in [0.3, 0.4) is 0 Å². The van der Waals surface area contributed by atoms with Crippen LogP contribution in [-0.2, 0) is 11.3 Å². The maximum atomic E-state index is 12.4. The Morgan fingerprint density at radius 3 is 2.61 bits per heavy atom. The second kappa shape index (κ2) is 7.15. The third-order valence-corrected chi connectivity index (χ3v) is 3.54. The molecule has 0 bridgehead atoms. The smallest absolute Gasteiger partial charge is 0.417 e. The van der Waals surface area contributed by atoms with Crippen LogP contribution >= 0.6 is 11.6 Å². The monoisotopic (exact) mass is 329 g/mol. The van der Waals surface area contributed by atoms with Crippen LogP contribution < -0.4 is 4.90 Å². The topological polar surface area (TPSA) is 58.2 Å². The third kappa shape index (κ3) is 3.63. The quantitative estimate of drug-likeness (QED) is 0.721. The van der Waals surface area contributed by atoms with Crippen LogP contribution in [-0.4, -0.2) is 28.5 Å². The Labute approximate surface area is 138 Å². The molecule has 0 radical (unpaired) electrons. The standard InChI is InChI=1S/C17H16ClN3O2/c18-10-11-21(16-19-14-8-4-5-9-15(14)20-16)17(22)23-12-13-6-2-1-3-7-13/h1-9H,10-12H2,(H,19,20). The predicted octanol–water partition coefficient (Wildman–Crippen LogP) is 3.94. The number of halogens is 1. The lowest BCUT2D eigenvalue weighted by Crippen LogP contribution is -2.34. The summed E-state index contributed by atoms with van der Waals surface area (Å²) in [4.78, 5) is 21.3. The summed E-state index contributed by atoms with van der Waals surface area (Å²) >= 11 is 5.82. The molecule has 0 saturated carbocycles. The molecule has 23 heavy (non-hydrogen) atoms. The van der Waals surface area contributed by atoms with E-state index in [0.717, 1.165) is 16.6 Å². The molecule has 0 saturated heterocycles. The van der Waals surface area contributed by atoms with E-state index >= 15 is 0 Å². The van der Waals surface area contributed by atoms with Crippen LogP contribution in [0, 0.1) is 0 Å². The minimum atomic E-state index is -0.478. The average Bonchev–Trinajstić information content (AvgIpc) is 3.02. The van der Waals surface area contributed by atoms with Crippen LogP contribution in [0.2, 0.25) is 0 Å². The number of anilines is 1. The first-order chi connectivity index (χ1) is 11.3. The van der Waals surface area contributed by atoms with Crippen LogP contribution in [0.4, 0.5) is 10.7 Å². The van der Waals surface area contributed by atoms with Gasteiger partial charge in [-0.3, -0.25) is 0 Å². The number of para-hydroxylation sites is 2. The summed E-state index contributed by atoms with van der Waals surface area (Å²) in [6, 6.07) is 17.1. The van der Waals surface area contributed by atoms with Crippen LogP contribution in [0.15, 0.2) is 54.6 Å². The molecule has 1 N–H and O–H groups in total. The van der Waals surface area contributed by atoms with Crippen molar-refractivity contribution in [1.29, 1.82) is 0 Å². The number of aromatic amines is 1. The van der Waals surface area contributed by atoms with Gasteiger partial charge in [0.25, 0.3) is 0 Å². The fourth-order valence-electron chi connectivity index (χ4n) is 2.23. The van der Waals surface area contributed by atoms with E-state index in [2.05, 4.69) is 9.97 Å². The Balaban J connectivity index is 1.76. The second-order valence-corrected chi connectivity index (χ2v) is 5.34. The van der Waals surface area contributed by atoms with Crippen LogP contribution in [0.5, 0.6) is 0 Å². The fraction of sp³-hybridized carbons (Fsp3) is 0.176. The van der Waals surface area contributed by atoms with Crippen molar-refractivity contribution < 1.29 is 9.53 Å². The van der Waals surface area contributed by atoms with Crippen molar-refractivity contribution in [3.8, 4) is 0 Å². The number of nitrogens with one attached hydrogen (secondary N) is 1. The number of H-pyrrole nitrogens is 1. The largest absolute Gasteiger partial charge is 0.444 e. The van der Waals surface area contributed by atoms with Crippen molar-refractivity contribution in [2.24, 2.45) is 0 Å².